The number of nitrogen functional groups attached to an aromatic ring is 1. The summed E-state index contributed by atoms with van der Waals surface area (Å²) in [5, 5.41) is 32.9. The quantitative estimate of drug-likeness (QED) is 0.103. The maximum Gasteiger partial charge on any atom is 0.338 e. The molecule has 0 saturated carbocycles. The van der Waals surface area contributed by atoms with Crippen LogP contribution < -0.4 is 11.3 Å². The fraction of sp³-hybridized carbons (Fsp3) is 0.455. The predicted octanol–water partition coefficient (Wildman–Crippen LogP) is -1.40. The van der Waals surface area contributed by atoms with Crippen LogP contribution in [0.1, 0.15) is 12.5 Å². The molecule has 0 radical (unpaired) electrons. The van der Waals surface area contributed by atoms with Gasteiger partial charge in [0.2, 0.25) is 0 Å². The molecular weight excluding hydrogens is 616 g/mol. The number of hydrogen-bond acceptors (Lipinski definition) is 14. The van der Waals surface area contributed by atoms with Crippen LogP contribution in [-0.2, 0) is 27.7 Å². The van der Waals surface area contributed by atoms with E-state index in [0.29, 0.717) is 11.0 Å². The molecule has 0 bridgehead atoms. The fourth-order valence-electron chi connectivity index (χ4n) is 5.34. The second-order valence-electron chi connectivity index (χ2n) is 9.94. The highest BCUT2D eigenvalue weighted by Crippen LogP contribution is 2.57. The van der Waals surface area contributed by atoms with Gasteiger partial charge in [-0.25, -0.2) is 15.0 Å². The molecule has 2 aliphatic rings. The highest BCUT2D eigenvalue weighted by atomic mass is 31.2. The zero-order valence-electron chi connectivity index (χ0n) is 21.9. The highest BCUT2D eigenvalue weighted by molar-refractivity contribution is 7.53. The van der Waals surface area contributed by atoms with Crippen molar-refractivity contribution >= 4 is 43.7 Å². The molecule has 6 rings (SSSR count). The van der Waals surface area contributed by atoms with Crippen LogP contribution in [0, 0.1) is 0 Å². The number of anilines is 1. The zero-order chi connectivity index (χ0) is 30.6. The molecule has 2 aliphatic heterocycles. The number of aromatic amines is 1. The molecule has 6 heterocycles. The third-order valence-electron chi connectivity index (χ3n) is 7.44. The summed E-state index contributed by atoms with van der Waals surface area (Å²) in [5.41, 5.74) is 4.11. The third kappa shape index (κ3) is 5.32. The Hall–Kier alpha value is -3.06. The SMILES string of the molecule is Nc1ncnc2c1ccn2[C@@H]1O[C@H](COP(=O)(O)[C@@H]2[C@H](O)[C@@H](CO[PH](=O)O)O[C@H]2n2cnc3c(=O)[nH]ccc32)[C@@H](O)[C@H]1O. The number of ether oxygens (including phenoxy) is 2. The van der Waals surface area contributed by atoms with E-state index in [1.54, 1.807) is 6.07 Å². The number of nitrogens with zero attached hydrogens (tertiary/aromatic N) is 5. The lowest BCUT2D eigenvalue weighted by Crippen LogP contribution is -2.36. The van der Waals surface area contributed by atoms with Gasteiger partial charge >= 0.3 is 15.9 Å². The van der Waals surface area contributed by atoms with Crippen LogP contribution in [0.3, 0.4) is 0 Å². The van der Waals surface area contributed by atoms with Crippen molar-refractivity contribution in [3.05, 3.63) is 47.5 Å². The maximum atomic E-state index is 13.7. The Morgan fingerprint density at radius 3 is 2.56 bits per heavy atom. The summed E-state index contributed by atoms with van der Waals surface area (Å²) in [6.45, 7) is -1.31. The van der Waals surface area contributed by atoms with E-state index in [0.717, 1.165) is 0 Å². The standard InChI is InChI=1S/C22H27N7O12P2/c23-18-9-2-4-28(19(9)26-7-25-18)21-16(32)14(30)12(40-21)6-39-43(36,37)17-15(31)11(5-38-42(34)35)41-22(17)29-8-27-13-10(29)1-3-24-20(13)33/h1-4,7-8,11-12,14-17,21-22,30-32,42H,5-6H2,(H,24,33)(H,34,35)(H,36,37)(H2,23,25,26)/t11-,12-,14-,15-,16-,17-,21-,22-/m1/s1. The van der Waals surface area contributed by atoms with Crippen molar-refractivity contribution in [1.29, 1.82) is 0 Å². The lowest BCUT2D eigenvalue weighted by atomic mass is 10.1. The van der Waals surface area contributed by atoms with Crippen LogP contribution in [0.5, 0.6) is 0 Å². The normalized spacial score (nSPS) is 31.6. The van der Waals surface area contributed by atoms with Crippen molar-refractivity contribution in [2.24, 2.45) is 0 Å². The molecule has 0 spiro atoms. The second-order valence-corrected chi connectivity index (χ2v) is 12.7. The maximum absolute atomic E-state index is 13.7. The summed E-state index contributed by atoms with van der Waals surface area (Å²) in [7, 11) is -8.34. The van der Waals surface area contributed by atoms with Gasteiger partial charge in [-0.15, -0.1) is 0 Å². The molecule has 0 amide bonds. The largest absolute Gasteiger partial charge is 0.389 e. The molecule has 232 valence electrons. The molecule has 4 aromatic rings. The molecule has 8 N–H and O–H groups in total. The number of aliphatic hydroxyl groups excluding tert-OH is 3. The van der Waals surface area contributed by atoms with E-state index in [2.05, 4.69) is 19.9 Å². The molecule has 43 heavy (non-hydrogen) atoms. The summed E-state index contributed by atoms with van der Waals surface area (Å²) < 4.78 is 49.2. The molecule has 4 aromatic heterocycles. The molecular formula is C22H27N7O12P2. The van der Waals surface area contributed by atoms with Crippen molar-refractivity contribution in [3.63, 3.8) is 0 Å². The minimum atomic E-state index is -4.91. The van der Waals surface area contributed by atoms with E-state index in [1.807, 2.05) is 0 Å². The lowest BCUT2D eigenvalue weighted by Gasteiger charge is -2.27. The minimum Gasteiger partial charge on any atom is -0.389 e. The van der Waals surface area contributed by atoms with E-state index in [4.69, 9.17) is 29.1 Å². The number of aliphatic hydroxyl groups is 3. The molecule has 2 saturated heterocycles. The van der Waals surface area contributed by atoms with E-state index in [9.17, 15) is 34.1 Å². The van der Waals surface area contributed by atoms with Gasteiger partial charge in [0.25, 0.3) is 5.56 Å². The van der Waals surface area contributed by atoms with Crippen molar-refractivity contribution in [2.45, 2.75) is 48.6 Å². The number of rotatable bonds is 9. The van der Waals surface area contributed by atoms with Gasteiger partial charge in [0.05, 0.1) is 30.4 Å². The number of imidazole rings is 1. The van der Waals surface area contributed by atoms with Gasteiger partial charge in [-0.2, -0.15) is 0 Å². The first-order valence-corrected chi connectivity index (χ1v) is 15.7. The summed E-state index contributed by atoms with van der Waals surface area (Å²) in [6, 6.07) is 3.06. The van der Waals surface area contributed by atoms with Crippen molar-refractivity contribution in [1.82, 2.24) is 29.1 Å². The van der Waals surface area contributed by atoms with Crippen LogP contribution in [0.25, 0.3) is 22.1 Å². The van der Waals surface area contributed by atoms with Crippen molar-refractivity contribution in [2.75, 3.05) is 18.9 Å². The van der Waals surface area contributed by atoms with E-state index >= 15 is 0 Å². The monoisotopic (exact) mass is 643 g/mol. The minimum absolute atomic E-state index is 0.0137. The number of hydrogen-bond donors (Lipinski definition) is 7. The van der Waals surface area contributed by atoms with E-state index in [1.165, 1.54) is 40.2 Å². The number of nitrogens with one attached hydrogen (secondary N) is 1. The molecule has 21 heteroatoms. The number of fused-ring (bicyclic) bond motifs is 2. The summed E-state index contributed by atoms with van der Waals surface area (Å²) in [5.74, 6) is 0.190. The lowest BCUT2D eigenvalue weighted by molar-refractivity contribution is -0.0492. The Bertz CT molecular complexity index is 1780. The average molecular weight is 643 g/mol. The van der Waals surface area contributed by atoms with Gasteiger partial charge in [0.15, 0.2) is 18.0 Å². The summed E-state index contributed by atoms with van der Waals surface area (Å²) in [4.78, 5) is 46.9. The Labute approximate surface area is 240 Å². The average Bonchev–Trinajstić information content (AvgIpc) is 3.72. The molecule has 2 unspecified atom stereocenters. The van der Waals surface area contributed by atoms with Crippen LogP contribution in [0.15, 0.2) is 42.0 Å². The first-order chi connectivity index (χ1) is 20.5. The van der Waals surface area contributed by atoms with Gasteiger partial charge in [-0.3, -0.25) is 13.9 Å². The van der Waals surface area contributed by atoms with E-state index < -0.39 is 83.3 Å². The molecule has 2 fully saturated rings. The number of pyridine rings is 1. The van der Waals surface area contributed by atoms with Crippen LogP contribution >= 0.6 is 15.9 Å². The Morgan fingerprint density at radius 1 is 1.05 bits per heavy atom. The second kappa shape index (κ2) is 11.5. The third-order valence-corrected chi connectivity index (χ3v) is 9.68. The first kappa shape index (κ1) is 30.0. The van der Waals surface area contributed by atoms with Gasteiger partial charge in [0, 0.05) is 12.4 Å². The van der Waals surface area contributed by atoms with Crippen molar-refractivity contribution in [3.8, 4) is 0 Å². The van der Waals surface area contributed by atoms with Gasteiger partial charge < -0.3 is 63.5 Å². The molecule has 10 atom stereocenters. The molecule has 0 aromatic carbocycles. The Balaban J connectivity index is 1.25. The van der Waals surface area contributed by atoms with Gasteiger partial charge in [-0.1, -0.05) is 0 Å². The zero-order valence-corrected chi connectivity index (χ0v) is 23.7. The highest BCUT2D eigenvalue weighted by Gasteiger charge is 2.56. The molecule has 19 nitrogen and oxygen atoms in total. The summed E-state index contributed by atoms with van der Waals surface area (Å²) in [6.07, 6.45) is -4.84. The summed E-state index contributed by atoms with van der Waals surface area (Å²) >= 11 is 0. The van der Waals surface area contributed by atoms with Gasteiger partial charge in [0.1, 0.15) is 54.0 Å². The van der Waals surface area contributed by atoms with Gasteiger partial charge in [-0.05, 0) is 12.1 Å². The predicted molar refractivity (Wildman–Crippen MR) is 145 cm³/mol. The van der Waals surface area contributed by atoms with Crippen molar-refractivity contribution < 1.29 is 52.8 Å². The van der Waals surface area contributed by atoms with Crippen LogP contribution in [0.2, 0.25) is 0 Å². The van der Waals surface area contributed by atoms with Crippen LogP contribution in [-0.4, -0.2) is 104 Å². The fourth-order valence-corrected chi connectivity index (χ4v) is 7.29. The van der Waals surface area contributed by atoms with E-state index in [-0.39, 0.29) is 16.9 Å². The topological polar surface area (TPSA) is 280 Å². The molecule has 0 aliphatic carbocycles. The number of aromatic nitrogens is 6. The smallest absolute Gasteiger partial charge is 0.338 e. The number of H-pyrrole nitrogens is 1. The first-order valence-electron chi connectivity index (χ1n) is 12.8. The Morgan fingerprint density at radius 2 is 1.79 bits per heavy atom. The van der Waals surface area contributed by atoms with Crippen LogP contribution in [0.4, 0.5) is 5.82 Å². The number of nitrogens with two attached hydrogens (primary N) is 1. The Kier molecular flexibility index (Phi) is 7.99.